The highest BCUT2D eigenvalue weighted by molar-refractivity contribution is 7.52. The fourth-order valence-electron chi connectivity index (χ4n) is 4.00. The summed E-state index contributed by atoms with van der Waals surface area (Å²) < 4.78 is 115. The van der Waals surface area contributed by atoms with E-state index in [0.29, 0.717) is 34.4 Å². The van der Waals surface area contributed by atoms with Gasteiger partial charge in [0, 0.05) is 24.3 Å². The van der Waals surface area contributed by atoms with Crippen LogP contribution in [0.2, 0.25) is 0 Å². The smallest absolute Gasteiger partial charge is 0.459 e. The lowest BCUT2D eigenvalue weighted by molar-refractivity contribution is -0.149. The molecule has 11 nitrogen and oxygen atoms in total. The van der Waals surface area contributed by atoms with E-state index >= 15 is 0 Å². The van der Waals surface area contributed by atoms with Gasteiger partial charge in [0.2, 0.25) is 0 Å². The van der Waals surface area contributed by atoms with Crippen LogP contribution >= 0.6 is 7.75 Å². The van der Waals surface area contributed by atoms with Crippen LogP contribution in [0.25, 0.3) is 21.9 Å². The standard InChI is InChI=1S/C28H36N5O6P/c1-6-36-17-24-31-25-26(22-14-10-11-15-23(22)30-27(25)29)33(24)16-19(4)38-40(35,39-21-12-8-7-9-13-21)32-20(5)28(34)37-18(2)3/h7-15,18-20H,6,16-17H2,1-5H3,(H2,29,30)(H,32,35)/t19-,20+,40-/m1/s1/i2D3,3D3,5D3,18D. The molecule has 0 aliphatic rings. The van der Waals surface area contributed by atoms with Gasteiger partial charge in [-0.05, 0) is 52.6 Å². The predicted molar refractivity (Wildman–Crippen MR) is 154 cm³/mol. The Bertz CT molecular complexity index is 1860. The van der Waals surface area contributed by atoms with Crippen molar-refractivity contribution in [3.63, 3.8) is 0 Å². The second-order valence-corrected chi connectivity index (χ2v) is 10.3. The maximum absolute atomic E-state index is 14.5. The Balaban J connectivity index is 1.76. The van der Waals surface area contributed by atoms with E-state index in [0.717, 1.165) is 0 Å². The number of anilines is 1. The van der Waals surface area contributed by atoms with Crippen LogP contribution < -0.4 is 15.3 Å². The monoisotopic (exact) mass is 579 g/mol. The molecule has 0 spiro atoms. The van der Waals surface area contributed by atoms with E-state index in [2.05, 4.69) is 14.7 Å². The van der Waals surface area contributed by atoms with Crippen LogP contribution in [0.1, 0.15) is 53.9 Å². The topological polar surface area (TPSA) is 140 Å². The molecular weight excluding hydrogens is 533 g/mol. The van der Waals surface area contributed by atoms with Crippen LogP contribution in [0.5, 0.6) is 5.75 Å². The maximum atomic E-state index is 14.5. The van der Waals surface area contributed by atoms with Crippen molar-refractivity contribution < 1.29 is 41.6 Å². The molecule has 2 aromatic carbocycles. The van der Waals surface area contributed by atoms with Crippen molar-refractivity contribution in [1.82, 2.24) is 19.6 Å². The van der Waals surface area contributed by atoms with Crippen molar-refractivity contribution in [1.29, 1.82) is 0 Å². The van der Waals surface area contributed by atoms with E-state index in [4.69, 9.17) is 33.2 Å². The first-order valence-electron chi connectivity index (χ1n) is 17.2. The van der Waals surface area contributed by atoms with Gasteiger partial charge in [0.1, 0.15) is 29.7 Å². The van der Waals surface area contributed by atoms with Gasteiger partial charge < -0.3 is 24.3 Å². The summed E-state index contributed by atoms with van der Waals surface area (Å²) in [6.45, 7) is -7.37. The van der Waals surface area contributed by atoms with Crippen LogP contribution in [-0.2, 0) is 36.5 Å². The molecule has 40 heavy (non-hydrogen) atoms. The molecular formula is C28H36N5O6P. The highest BCUT2D eigenvalue weighted by Crippen LogP contribution is 2.46. The molecule has 0 aliphatic heterocycles. The number of nitrogens with one attached hydrogen (secondary N) is 1. The lowest BCUT2D eigenvalue weighted by Gasteiger charge is -2.26. The SMILES string of the molecule is [2H]C([2H])([2H])[C@H](N[P@](=O)(Oc1ccccc1)O[C@H](C)Cn1c(COCC)nc2c(N)nc3ccccc3c21)C(=O)OC([2H])(C([2H])([2H])[2H])C([2H])([2H])[2H]. The van der Waals surface area contributed by atoms with Crippen LogP contribution in [0.4, 0.5) is 5.82 Å². The molecule has 12 heteroatoms. The van der Waals surface area contributed by atoms with Gasteiger partial charge in [-0.3, -0.25) is 9.32 Å². The first-order chi connectivity index (χ1) is 23.1. The lowest BCUT2D eigenvalue weighted by atomic mass is 10.2. The number of imidazole rings is 1. The second kappa shape index (κ2) is 12.8. The number of nitrogen functional groups attached to an aromatic ring is 1. The molecule has 0 unspecified atom stereocenters. The Morgan fingerprint density at radius 3 is 2.62 bits per heavy atom. The van der Waals surface area contributed by atoms with Gasteiger partial charge in [-0.15, -0.1) is 0 Å². The fraction of sp³-hybridized carbons (Fsp3) is 0.393. The number of benzene rings is 2. The molecule has 0 aliphatic carbocycles. The normalized spacial score (nSPS) is 19.6. The number of carbonyl (C=O) groups excluding carboxylic acids is 1. The Morgan fingerprint density at radius 2 is 1.90 bits per heavy atom. The van der Waals surface area contributed by atoms with Crippen molar-refractivity contribution >= 4 is 41.5 Å². The largest absolute Gasteiger partial charge is 0.462 e. The average Bonchev–Trinajstić information content (AvgIpc) is 3.36. The first kappa shape index (κ1) is 18.8. The zero-order valence-electron chi connectivity index (χ0n) is 31.8. The summed E-state index contributed by atoms with van der Waals surface area (Å²) in [6, 6.07) is 11.8. The minimum atomic E-state index is -4.98. The molecule has 2 heterocycles. The number of nitrogens with zero attached hydrogens (tertiary/aromatic N) is 3. The summed E-state index contributed by atoms with van der Waals surface area (Å²) in [7, 11) is -4.98. The summed E-state index contributed by atoms with van der Waals surface area (Å²) in [4.78, 5) is 22.3. The average molecular weight is 580 g/mol. The summed E-state index contributed by atoms with van der Waals surface area (Å²) in [5.74, 6) is -1.56. The predicted octanol–water partition coefficient (Wildman–Crippen LogP) is 5.23. The van der Waals surface area contributed by atoms with Crippen molar-refractivity contribution in [2.45, 2.75) is 65.8 Å². The third kappa shape index (κ3) is 6.98. The molecule has 4 aromatic rings. The van der Waals surface area contributed by atoms with E-state index in [-0.39, 0.29) is 24.7 Å². The number of pyridine rings is 1. The third-order valence-electron chi connectivity index (χ3n) is 5.58. The molecule has 0 bridgehead atoms. The lowest BCUT2D eigenvalue weighted by Crippen LogP contribution is -2.37. The van der Waals surface area contributed by atoms with Crippen LogP contribution in [0.15, 0.2) is 54.6 Å². The maximum Gasteiger partial charge on any atom is 0.459 e. The van der Waals surface area contributed by atoms with Crippen molar-refractivity contribution in [3.8, 4) is 5.75 Å². The molecule has 0 saturated heterocycles. The van der Waals surface area contributed by atoms with Gasteiger partial charge in [0.05, 0.1) is 31.1 Å². The first-order valence-corrected chi connectivity index (χ1v) is 13.8. The van der Waals surface area contributed by atoms with Gasteiger partial charge in [0.15, 0.2) is 5.82 Å². The number of esters is 1. The summed E-state index contributed by atoms with van der Waals surface area (Å²) >= 11 is 0. The van der Waals surface area contributed by atoms with Gasteiger partial charge in [-0.2, -0.15) is 5.09 Å². The Kier molecular flexibility index (Phi) is 6.00. The highest BCUT2D eigenvalue weighted by Gasteiger charge is 2.35. The van der Waals surface area contributed by atoms with E-state index < -0.39 is 52.5 Å². The van der Waals surface area contributed by atoms with Gasteiger partial charge in [0.25, 0.3) is 0 Å². The minimum Gasteiger partial charge on any atom is -0.462 e. The Hall–Kier alpha value is -3.50. The van der Waals surface area contributed by atoms with Crippen LogP contribution in [0, 0.1) is 0 Å². The Morgan fingerprint density at radius 1 is 1.15 bits per heavy atom. The molecule has 214 valence electrons. The van der Waals surface area contributed by atoms with Gasteiger partial charge in [-0.1, -0.05) is 36.4 Å². The van der Waals surface area contributed by atoms with E-state index in [1.807, 2.05) is 5.09 Å². The third-order valence-corrected chi connectivity index (χ3v) is 7.24. The van der Waals surface area contributed by atoms with Crippen molar-refractivity contribution in [3.05, 3.63) is 60.4 Å². The van der Waals surface area contributed by atoms with Gasteiger partial charge in [-0.25, -0.2) is 14.5 Å². The summed E-state index contributed by atoms with van der Waals surface area (Å²) in [5.41, 5.74) is 7.73. The zero-order chi connectivity index (χ0) is 37.3. The quantitative estimate of drug-likeness (QED) is 0.160. The molecule has 4 rings (SSSR count). The van der Waals surface area contributed by atoms with Gasteiger partial charge >= 0.3 is 13.7 Å². The number of carbonyl (C=O) groups is 1. The highest BCUT2D eigenvalue weighted by atomic mass is 31.2. The fourth-order valence-corrected chi connectivity index (χ4v) is 5.52. The molecule has 3 N–H and O–H groups in total. The van der Waals surface area contributed by atoms with Crippen molar-refractivity contribution in [2.24, 2.45) is 0 Å². The van der Waals surface area contributed by atoms with E-state index in [9.17, 15) is 9.36 Å². The number of rotatable bonds is 13. The summed E-state index contributed by atoms with van der Waals surface area (Å²) in [6.07, 6.45) is -4.99. The number of nitrogens with two attached hydrogens (primary N) is 1. The Labute approximate surface area is 247 Å². The van der Waals surface area contributed by atoms with E-state index in [1.165, 1.54) is 31.2 Å². The number of hydrogen-bond donors (Lipinski definition) is 2. The molecule has 2 aromatic heterocycles. The number of aromatic nitrogens is 3. The number of ether oxygens (including phenoxy) is 2. The minimum absolute atomic E-state index is 0.0386. The van der Waals surface area contributed by atoms with E-state index in [1.54, 1.807) is 41.8 Å². The molecule has 0 fully saturated rings. The molecule has 3 atom stereocenters. The molecule has 0 radical (unpaired) electrons. The number of para-hydroxylation sites is 2. The molecule has 0 amide bonds. The summed E-state index contributed by atoms with van der Waals surface area (Å²) in [5, 5.41) is 2.70. The zero-order valence-corrected chi connectivity index (χ0v) is 22.7. The van der Waals surface area contributed by atoms with Crippen LogP contribution in [0.3, 0.4) is 0 Å². The number of fused-ring (bicyclic) bond motifs is 3. The molecule has 0 saturated carbocycles. The van der Waals surface area contributed by atoms with Crippen molar-refractivity contribution in [2.75, 3.05) is 12.3 Å². The number of hydrogen-bond acceptors (Lipinski definition) is 9. The van der Waals surface area contributed by atoms with Crippen LogP contribution in [-0.4, -0.2) is 45.3 Å². The second-order valence-electron chi connectivity index (χ2n) is 8.62.